The van der Waals surface area contributed by atoms with Gasteiger partial charge in [0.25, 0.3) is 0 Å². The number of nitrogens with zero attached hydrogens (tertiary/aromatic N) is 3. The highest BCUT2D eigenvalue weighted by atomic mass is 35.5. The summed E-state index contributed by atoms with van der Waals surface area (Å²) < 4.78 is 14.3. The number of ether oxygens (including phenoxy) is 1. The number of halogens is 2. The smallest absolute Gasteiger partial charge is 0.242 e. The topological polar surface area (TPSA) is 60.5 Å². The van der Waals surface area contributed by atoms with Crippen LogP contribution in [-0.4, -0.2) is 15.6 Å². The van der Waals surface area contributed by atoms with E-state index < -0.39 is 5.41 Å². The second kappa shape index (κ2) is 8.88. The molecule has 8 heteroatoms. The molecular weight excluding hydrogens is 557 g/mol. The monoisotopic (exact) mass is 583 g/mol. The molecule has 0 atom stereocenters. The lowest BCUT2D eigenvalue weighted by Crippen LogP contribution is -2.27. The Bertz CT molecular complexity index is 1880. The predicted molar refractivity (Wildman–Crippen MR) is 160 cm³/mol. The lowest BCUT2D eigenvalue weighted by Gasteiger charge is -2.19. The molecule has 3 heterocycles. The number of hydrogen-bond acceptors (Lipinski definition) is 4. The van der Waals surface area contributed by atoms with Gasteiger partial charge in [0.15, 0.2) is 0 Å². The Hall–Kier alpha value is -3.74. The zero-order valence-electron chi connectivity index (χ0n) is 22.7. The maximum atomic E-state index is 13.9. The van der Waals surface area contributed by atoms with E-state index in [1.54, 1.807) is 12.1 Å². The van der Waals surface area contributed by atoms with Gasteiger partial charge >= 0.3 is 0 Å². The van der Waals surface area contributed by atoms with Gasteiger partial charge in [-0.2, -0.15) is 0 Å². The Balaban J connectivity index is 1.14. The van der Waals surface area contributed by atoms with E-state index in [1.165, 1.54) is 10.9 Å². The Morgan fingerprint density at radius 2 is 1.85 bits per heavy atom. The summed E-state index contributed by atoms with van der Waals surface area (Å²) in [4.78, 5) is 15.7. The average molecular weight is 585 g/mol. The summed E-state index contributed by atoms with van der Waals surface area (Å²) in [6.45, 7) is 2.37. The molecule has 0 saturated heterocycles. The van der Waals surface area contributed by atoms with E-state index in [0.717, 1.165) is 59.5 Å². The summed E-state index contributed by atoms with van der Waals surface area (Å²) in [6.07, 6.45) is 5.93. The molecule has 1 spiro atoms. The van der Waals surface area contributed by atoms with Crippen molar-refractivity contribution in [3.05, 3.63) is 93.3 Å². The predicted octanol–water partition coefficient (Wildman–Crippen LogP) is 8.61. The summed E-state index contributed by atoms with van der Waals surface area (Å²) in [7, 11) is 2.04. The van der Waals surface area contributed by atoms with Crippen LogP contribution < -0.4 is 9.64 Å². The minimum atomic E-state index is -0.472. The van der Waals surface area contributed by atoms with Crippen LogP contribution >= 0.6 is 23.2 Å². The molecule has 2 aliphatic carbocycles. The largest absolute Gasteiger partial charge is 0.489 e. The van der Waals surface area contributed by atoms with Crippen LogP contribution in [0, 0.1) is 6.92 Å². The molecule has 0 radical (unpaired) electrons. The van der Waals surface area contributed by atoms with Crippen molar-refractivity contribution >= 4 is 51.4 Å². The Morgan fingerprint density at radius 3 is 2.59 bits per heavy atom. The first kappa shape index (κ1) is 25.0. The van der Waals surface area contributed by atoms with E-state index in [4.69, 9.17) is 32.5 Å². The van der Waals surface area contributed by atoms with Gasteiger partial charge in [-0.25, -0.2) is 0 Å². The maximum absolute atomic E-state index is 13.9. The van der Waals surface area contributed by atoms with Crippen molar-refractivity contribution in [2.45, 2.75) is 50.5 Å². The number of hydrogen-bond donors (Lipinski definition) is 0. The van der Waals surface area contributed by atoms with Crippen LogP contribution in [0.4, 0.5) is 11.4 Å². The van der Waals surface area contributed by atoms with Gasteiger partial charge < -0.3 is 13.8 Å². The normalized spacial score (nSPS) is 17.1. The molecule has 8 rings (SSSR count). The lowest BCUT2D eigenvalue weighted by molar-refractivity contribution is -0.119. The van der Waals surface area contributed by atoms with Gasteiger partial charge in [0.05, 0.1) is 37.9 Å². The highest BCUT2D eigenvalue weighted by molar-refractivity contribution is 6.39. The fraction of sp³-hybridized carbons (Fsp3) is 0.273. The van der Waals surface area contributed by atoms with Crippen molar-refractivity contribution in [1.82, 2.24) is 9.72 Å². The second-order valence-corrected chi connectivity index (χ2v) is 12.4. The van der Waals surface area contributed by atoms with Crippen molar-refractivity contribution in [3.63, 3.8) is 0 Å². The number of carbonyl (C=O) groups excluding carboxylic acids is 1. The standard InChI is InChI=1S/C33H27Cl2N3O3/c1-18-16-37(2)28-14-20(8-10-22(18)28)38-27-11-9-21(15-24(27)33(12-13-33)32(38)39)40-17-23-30(36-41-31(23)19-6-7-19)29-25(34)4-3-5-26(29)35/h3-5,8-11,14-16,19H,6-7,12-13,17H2,1-2H3. The molecule has 2 aromatic heterocycles. The summed E-state index contributed by atoms with van der Waals surface area (Å²) in [6, 6.07) is 17.7. The zero-order valence-corrected chi connectivity index (χ0v) is 24.2. The molecule has 1 amide bonds. The van der Waals surface area contributed by atoms with Crippen LogP contribution in [0.1, 0.15) is 54.1 Å². The van der Waals surface area contributed by atoms with Crippen LogP contribution in [0.15, 0.2) is 65.3 Å². The number of rotatable bonds is 6. The first-order valence-corrected chi connectivity index (χ1v) is 14.7. The van der Waals surface area contributed by atoms with E-state index in [1.807, 2.05) is 36.2 Å². The fourth-order valence-electron chi connectivity index (χ4n) is 6.40. The molecular formula is C33H27Cl2N3O3. The molecule has 0 bridgehead atoms. The fourth-order valence-corrected chi connectivity index (χ4v) is 6.98. The Morgan fingerprint density at radius 1 is 1.07 bits per heavy atom. The number of carbonyl (C=O) groups is 1. The average Bonchev–Trinajstić information content (AvgIpc) is 3.88. The highest BCUT2D eigenvalue weighted by Gasteiger charge is 2.59. The summed E-state index contributed by atoms with van der Waals surface area (Å²) in [5, 5.41) is 6.61. The molecule has 206 valence electrons. The van der Waals surface area contributed by atoms with Crippen LogP contribution in [0.25, 0.3) is 22.2 Å². The molecule has 0 unspecified atom stereocenters. The minimum Gasteiger partial charge on any atom is -0.489 e. The number of aromatic nitrogens is 2. The Labute approximate surface area is 247 Å². The van der Waals surface area contributed by atoms with Gasteiger partial charge in [0.2, 0.25) is 5.91 Å². The van der Waals surface area contributed by atoms with Gasteiger partial charge in [0, 0.05) is 30.1 Å². The van der Waals surface area contributed by atoms with Crippen LogP contribution in [0.2, 0.25) is 10.0 Å². The number of anilines is 2. The molecule has 1 aliphatic heterocycles. The van der Waals surface area contributed by atoms with Gasteiger partial charge in [-0.1, -0.05) is 40.5 Å². The molecule has 3 aliphatic rings. The number of benzene rings is 3. The third-order valence-corrected chi connectivity index (χ3v) is 9.50. The third kappa shape index (κ3) is 3.77. The number of amides is 1. The van der Waals surface area contributed by atoms with E-state index in [0.29, 0.717) is 33.0 Å². The molecule has 41 heavy (non-hydrogen) atoms. The van der Waals surface area contributed by atoms with E-state index in [-0.39, 0.29) is 12.5 Å². The van der Waals surface area contributed by atoms with Crippen LogP contribution in [0.5, 0.6) is 5.75 Å². The summed E-state index contributed by atoms with van der Waals surface area (Å²) in [5.41, 5.74) is 6.86. The van der Waals surface area contributed by atoms with Crippen molar-refractivity contribution in [3.8, 4) is 17.0 Å². The quantitative estimate of drug-likeness (QED) is 0.201. The SMILES string of the molecule is Cc1cn(C)c2cc(N3C(=O)C4(CC4)c4cc(OCc5c(-c6c(Cl)cccc6Cl)noc5C5CC5)ccc43)ccc12. The molecule has 0 N–H and O–H groups in total. The Kier molecular flexibility index (Phi) is 5.41. The summed E-state index contributed by atoms with van der Waals surface area (Å²) >= 11 is 13.1. The summed E-state index contributed by atoms with van der Waals surface area (Å²) in [5.74, 6) is 2.02. The van der Waals surface area contributed by atoms with Gasteiger partial charge in [-0.05, 0) is 86.2 Å². The van der Waals surface area contributed by atoms with Crippen molar-refractivity contribution < 1.29 is 14.1 Å². The van der Waals surface area contributed by atoms with Crippen molar-refractivity contribution in [1.29, 1.82) is 0 Å². The maximum Gasteiger partial charge on any atom is 0.242 e. The molecule has 6 nitrogen and oxygen atoms in total. The zero-order chi connectivity index (χ0) is 28.0. The minimum absolute atomic E-state index is 0.139. The molecule has 2 saturated carbocycles. The molecule has 3 aromatic carbocycles. The lowest BCUT2D eigenvalue weighted by atomic mass is 9.98. The molecule has 2 fully saturated rings. The van der Waals surface area contributed by atoms with Crippen LogP contribution in [0.3, 0.4) is 0 Å². The van der Waals surface area contributed by atoms with Gasteiger partial charge in [-0.3, -0.25) is 9.69 Å². The van der Waals surface area contributed by atoms with Gasteiger partial charge in [-0.15, -0.1) is 0 Å². The van der Waals surface area contributed by atoms with Crippen molar-refractivity contribution in [2.75, 3.05) is 4.90 Å². The number of fused-ring (bicyclic) bond motifs is 3. The van der Waals surface area contributed by atoms with E-state index >= 15 is 0 Å². The van der Waals surface area contributed by atoms with Gasteiger partial charge in [0.1, 0.15) is 23.8 Å². The molecule has 5 aromatic rings. The first-order chi connectivity index (χ1) is 19.9. The number of aryl methyl sites for hydroxylation is 2. The van der Waals surface area contributed by atoms with E-state index in [2.05, 4.69) is 41.0 Å². The van der Waals surface area contributed by atoms with E-state index in [9.17, 15) is 4.79 Å². The first-order valence-electron chi connectivity index (χ1n) is 14.0. The highest BCUT2D eigenvalue weighted by Crippen LogP contribution is 2.59. The second-order valence-electron chi connectivity index (χ2n) is 11.6. The van der Waals surface area contributed by atoms with Crippen LogP contribution in [-0.2, 0) is 23.9 Å². The third-order valence-electron chi connectivity index (χ3n) is 8.87. The van der Waals surface area contributed by atoms with Crippen molar-refractivity contribution in [2.24, 2.45) is 7.05 Å².